The largest absolute Gasteiger partial charge is 0.508 e. The standard InChI is InChI=1S/C21H30N4O7/c1-11(18(28)24-16(21(31)32)10-13-5-7-14(27)8-6-13)23-20(30)17(12(2)26)25-19(29)15-4-3-9-22-15/h5-8,11-12,15-17,22,26-27H,3-4,9-10H2,1-2H3,(H,23,30)(H,24,28)(H,25,29)(H,31,32). The predicted molar refractivity (Wildman–Crippen MR) is 114 cm³/mol. The number of hydrogen-bond acceptors (Lipinski definition) is 7. The van der Waals surface area contributed by atoms with Crippen molar-refractivity contribution in [3.63, 3.8) is 0 Å². The number of aliphatic hydroxyl groups excluding tert-OH is 1. The van der Waals surface area contributed by atoms with E-state index in [1.807, 2.05) is 0 Å². The SMILES string of the molecule is CC(NC(=O)C(NC(=O)C1CCCN1)C(C)O)C(=O)NC(Cc1ccc(O)cc1)C(=O)O. The van der Waals surface area contributed by atoms with Crippen molar-refractivity contribution in [1.82, 2.24) is 21.3 Å². The normalized spacial score (nSPS) is 19.3. The van der Waals surface area contributed by atoms with Gasteiger partial charge >= 0.3 is 5.97 Å². The van der Waals surface area contributed by atoms with Gasteiger partial charge in [-0.3, -0.25) is 14.4 Å². The third-order valence-corrected chi connectivity index (χ3v) is 5.18. The Morgan fingerprint density at radius 1 is 1.06 bits per heavy atom. The summed E-state index contributed by atoms with van der Waals surface area (Å²) in [6, 6.07) is 1.80. The summed E-state index contributed by atoms with van der Waals surface area (Å²) in [5, 5.41) is 38.9. The van der Waals surface area contributed by atoms with Gasteiger partial charge in [-0.1, -0.05) is 12.1 Å². The van der Waals surface area contributed by atoms with E-state index in [9.17, 15) is 34.5 Å². The van der Waals surface area contributed by atoms with Gasteiger partial charge in [0.05, 0.1) is 12.1 Å². The van der Waals surface area contributed by atoms with Gasteiger partial charge in [-0.05, 0) is 50.9 Å². The van der Waals surface area contributed by atoms with Gasteiger partial charge in [0.15, 0.2) is 0 Å². The van der Waals surface area contributed by atoms with Gasteiger partial charge in [0.25, 0.3) is 0 Å². The summed E-state index contributed by atoms with van der Waals surface area (Å²) in [7, 11) is 0. The molecule has 3 amide bonds. The van der Waals surface area contributed by atoms with Crippen LogP contribution in [0.2, 0.25) is 0 Å². The van der Waals surface area contributed by atoms with Crippen molar-refractivity contribution >= 4 is 23.7 Å². The Bertz CT molecular complexity index is 822. The predicted octanol–water partition coefficient (Wildman–Crippen LogP) is -1.37. The van der Waals surface area contributed by atoms with Crippen molar-refractivity contribution in [2.75, 3.05) is 6.54 Å². The van der Waals surface area contributed by atoms with Crippen LogP contribution in [0.3, 0.4) is 0 Å². The molecule has 1 heterocycles. The molecule has 1 aromatic carbocycles. The number of aliphatic hydroxyl groups is 1. The molecule has 1 saturated heterocycles. The molecule has 7 N–H and O–H groups in total. The molecule has 1 fully saturated rings. The number of benzene rings is 1. The Labute approximate surface area is 185 Å². The summed E-state index contributed by atoms with van der Waals surface area (Å²) in [5.74, 6) is -3.15. The molecule has 0 bridgehead atoms. The quantitative estimate of drug-likeness (QED) is 0.228. The van der Waals surface area contributed by atoms with Crippen molar-refractivity contribution < 1.29 is 34.5 Å². The van der Waals surface area contributed by atoms with Gasteiger partial charge in [0.1, 0.15) is 23.9 Å². The fourth-order valence-corrected chi connectivity index (χ4v) is 3.30. The number of nitrogens with one attached hydrogen (secondary N) is 4. The molecule has 1 aliphatic heterocycles. The number of carbonyl (C=O) groups is 4. The minimum absolute atomic E-state index is 0.0250. The van der Waals surface area contributed by atoms with Crippen LogP contribution in [0, 0.1) is 0 Å². The van der Waals surface area contributed by atoms with E-state index in [1.54, 1.807) is 0 Å². The van der Waals surface area contributed by atoms with Crippen LogP contribution in [0.25, 0.3) is 0 Å². The molecule has 1 aromatic rings. The molecular weight excluding hydrogens is 420 g/mol. The maximum atomic E-state index is 12.6. The summed E-state index contributed by atoms with van der Waals surface area (Å²) in [6.45, 7) is 3.40. The van der Waals surface area contributed by atoms with Crippen molar-refractivity contribution in [2.24, 2.45) is 0 Å². The highest BCUT2D eigenvalue weighted by atomic mass is 16.4. The van der Waals surface area contributed by atoms with Crippen LogP contribution in [0.15, 0.2) is 24.3 Å². The van der Waals surface area contributed by atoms with Crippen molar-refractivity contribution in [3.8, 4) is 5.75 Å². The first-order valence-corrected chi connectivity index (χ1v) is 10.4. The van der Waals surface area contributed by atoms with Crippen LogP contribution in [-0.2, 0) is 25.6 Å². The maximum Gasteiger partial charge on any atom is 0.326 e. The first-order valence-electron chi connectivity index (χ1n) is 10.4. The van der Waals surface area contributed by atoms with E-state index in [1.165, 1.54) is 38.1 Å². The molecule has 0 aliphatic carbocycles. The smallest absolute Gasteiger partial charge is 0.326 e. The lowest BCUT2D eigenvalue weighted by Gasteiger charge is -2.25. The van der Waals surface area contributed by atoms with Crippen molar-refractivity contribution in [3.05, 3.63) is 29.8 Å². The number of carboxylic acids is 1. The zero-order valence-corrected chi connectivity index (χ0v) is 18.0. The molecule has 2 rings (SSSR count). The Morgan fingerprint density at radius 2 is 1.72 bits per heavy atom. The van der Waals surface area contributed by atoms with Crippen molar-refractivity contribution in [2.45, 2.75) is 63.4 Å². The molecule has 32 heavy (non-hydrogen) atoms. The molecule has 0 spiro atoms. The van der Waals surface area contributed by atoms with Gasteiger partial charge in [-0.15, -0.1) is 0 Å². The highest BCUT2D eigenvalue weighted by molar-refractivity contribution is 5.94. The summed E-state index contributed by atoms with van der Waals surface area (Å²) < 4.78 is 0. The van der Waals surface area contributed by atoms with E-state index in [2.05, 4.69) is 21.3 Å². The second-order valence-electron chi connectivity index (χ2n) is 7.88. The fourth-order valence-electron chi connectivity index (χ4n) is 3.30. The lowest BCUT2D eigenvalue weighted by atomic mass is 10.1. The first kappa shape index (κ1) is 25.1. The lowest BCUT2D eigenvalue weighted by molar-refractivity contribution is -0.142. The zero-order valence-electron chi connectivity index (χ0n) is 18.0. The molecule has 0 aromatic heterocycles. The Morgan fingerprint density at radius 3 is 2.25 bits per heavy atom. The van der Waals surface area contributed by atoms with Gasteiger partial charge < -0.3 is 36.6 Å². The van der Waals surface area contributed by atoms with Crippen LogP contribution >= 0.6 is 0 Å². The summed E-state index contributed by atoms with van der Waals surface area (Å²) >= 11 is 0. The van der Waals surface area contributed by atoms with E-state index in [4.69, 9.17) is 0 Å². The second kappa shape index (κ2) is 11.4. The molecule has 11 nitrogen and oxygen atoms in total. The topological polar surface area (TPSA) is 177 Å². The third kappa shape index (κ3) is 7.20. The minimum atomic E-state index is -1.27. The molecule has 0 radical (unpaired) electrons. The number of carbonyl (C=O) groups excluding carboxylic acids is 3. The molecule has 5 unspecified atom stereocenters. The molecular formula is C21H30N4O7. The number of phenols is 1. The monoisotopic (exact) mass is 450 g/mol. The number of hydrogen-bond donors (Lipinski definition) is 7. The fraction of sp³-hybridized carbons (Fsp3) is 0.524. The number of aliphatic carboxylic acids is 1. The zero-order chi connectivity index (χ0) is 23.8. The third-order valence-electron chi connectivity index (χ3n) is 5.18. The van der Waals surface area contributed by atoms with Crippen LogP contribution in [0.1, 0.15) is 32.3 Å². The van der Waals surface area contributed by atoms with Crippen LogP contribution < -0.4 is 21.3 Å². The Hall–Kier alpha value is -3.18. The van der Waals surface area contributed by atoms with E-state index in [0.29, 0.717) is 18.5 Å². The number of carboxylic acid groups (broad SMARTS) is 1. The van der Waals surface area contributed by atoms with E-state index < -0.39 is 54.0 Å². The summed E-state index contributed by atoms with van der Waals surface area (Å²) in [5.41, 5.74) is 0.588. The van der Waals surface area contributed by atoms with Gasteiger partial charge in [-0.25, -0.2) is 4.79 Å². The van der Waals surface area contributed by atoms with E-state index in [-0.39, 0.29) is 12.2 Å². The number of phenolic OH excluding ortho intramolecular Hbond substituents is 1. The average Bonchev–Trinajstić information content (AvgIpc) is 3.27. The Kier molecular flexibility index (Phi) is 8.97. The minimum Gasteiger partial charge on any atom is -0.508 e. The second-order valence-corrected chi connectivity index (χ2v) is 7.88. The first-order chi connectivity index (χ1) is 15.1. The van der Waals surface area contributed by atoms with Crippen LogP contribution in [-0.4, -0.2) is 75.8 Å². The van der Waals surface area contributed by atoms with Gasteiger partial charge in [-0.2, -0.15) is 0 Å². The number of rotatable bonds is 10. The van der Waals surface area contributed by atoms with Crippen LogP contribution in [0.5, 0.6) is 5.75 Å². The maximum absolute atomic E-state index is 12.6. The summed E-state index contributed by atoms with van der Waals surface area (Å²) in [6.07, 6.45) is 0.214. The molecule has 0 saturated carbocycles. The molecule has 5 atom stereocenters. The lowest BCUT2D eigenvalue weighted by Crippen LogP contribution is -2.59. The van der Waals surface area contributed by atoms with Crippen molar-refractivity contribution in [1.29, 1.82) is 0 Å². The molecule has 1 aliphatic rings. The highest BCUT2D eigenvalue weighted by Crippen LogP contribution is 2.12. The highest BCUT2D eigenvalue weighted by Gasteiger charge is 2.32. The molecule has 176 valence electrons. The summed E-state index contributed by atoms with van der Waals surface area (Å²) in [4.78, 5) is 48.9. The Balaban J connectivity index is 1.95. The van der Waals surface area contributed by atoms with E-state index in [0.717, 1.165) is 6.42 Å². The van der Waals surface area contributed by atoms with Crippen LogP contribution in [0.4, 0.5) is 0 Å². The van der Waals surface area contributed by atoms with E-state index >= 15 is 0 Å². The molecule has 11 heteroatoms. The van der Waals surface area contributed by atoms with Gasteiger partial charge in [0, 0.05) is 6.42 Å². The number of aromatic hydroxyl groups is 1. The van der Waals surface area contributed by atoms with Gasteiger partial charge in [0.2, 0.25) is 17.7 Å². The average molecular weight is 450 g/mol. The number of amides is 3.